The van der Waals surface area contributed by atoms with Crippen LogP contribution in [0.15, 0.2) is 23.2 Å². The summed E-state index contributed by atoms with van der Waals surface area (Å²) in [6.07, 6.45) is 0. The molecule has 2 rings (SSSR count). The molecule has 0 atom stereocenters. The van der Waals surface area contributed by atoms with Crippen molar-refractivity contribution in [2.75, 3.05) is 12.3 Å². The van der Waals surface area contributed by atoms with Crippen molar-refractivity contribution in [3.05, 3.63) is 34.9 Å². The molecule has 0 bridgehead atoms. The first-order valence-corrected chi connectivity index (χ1v) is 5.51. The summed E-state index contributed by atoms with van der Waals surface area (Å²) >= 11 is 1.87. The van der Waals surface area contributed by atoms with Crippen LogP contribution in [0.1, 0.15) is 16.7 Å². The van der Waals surface area contributed by atoms with Gasteiger partial charge in [-0.15, -0.1) is 11.8 Å². The molecule has 1 nitrogen and oxygen atoms in total. The predicted molar refractivity (Wildman–Crippen MR) is 59.8 cm³/mol. The lowest BCUT2D eigenvalue weighted by Gasteiger charge is -2.07. The van der Waals surface area contributed by atoms with Crippen molar-refractivity contribution in [3.63, 3.8) is 0 Å². The molecule has 1 heterocycles. The highest BCUT2D eigenvalue weighted by Crippen LogP contribution is 2.24. The summed E-state index contributed by atoms with van der Waals surface area (Å²) in [5, 5.41) is 1.23. The molecule has 2 heteroatoms. The summed E-state index contributed by atoms with van der Waals surface area (Å²) in [6.45, 7) is 5.29. The van der Waals surface area contributed by atoms with Crippen LogP contribution in [0.5, 0.6) is 0 Å². The van der Waals surface area contributed by atoms with Gasteiger partial charge >= 0.3 is 0 Å². The monoisotopic (exact) mass is 191 g/mol. The Labute approximate surface area is 83.3 Å². The number of hydrogen-bond acceptors (Lipinski definition) is 2. The zero-order valence-electron chi connectivity index (χ0n) is 8.00. The number of hydrogen-bond donors (Lipinski definition) is 0. The van der Waals surface area contributed by atoms with Gasteiger partial charge in [-0.25, -0.2) is 0 Å². The van der Waals surface area contributed by atoms with Crippen LogP contribution in [-0.2, 0) is 0 Å². The van der Waals surface area contributed by atoms with Crippen LogP contribution in [0, 0.1) is 13.8 Å². The molecule has 0 radical (unpaired) electrons. The maximum atomic E-state index is 4.51. The fourth-order valence-corrected chi connectivity index (χ4v) is 2.66. The number of aliphatic imine (C=N–C) groups is 1. The van der Waals surface area contributed by atoms with Gasteiger partial charge in [0.2, 0.25) is 0 Å². The number of nitrogens with zero attached hydrogens (tertiary/aromatic N) is 1. The van der Waals surface area contributed by atoms with Gasteiger partial charge < -0.3 is 0 Å². The van der Waals surface area contributed by atoms with Crippen molar-refractivity contribution >= 4 is 16.8 Å². The minimum absolute atomic E-state index is 0.980. The van der Waals surface area contributed by atoms with E-state index in [1.54, 1.807) is 0 Å². The highest BCUT2D eigenvalue weighted by Gasteiger charge is 2.13. The van der Waals surface area contributed by atoms with Crippen molar-refractivity contribution in [3.8, 4) is 0 Å². The zero-order valence-corrected chi connectivity index (χ0v) is 8.82. The molecule has 0 amide bonds. The molecule has 1 aliphatic rings. The van der Waals surface area contributed by atoms with Gasteiger partial charge in [0.05, 0.1) is 5.04 Å². The topological polar surface area (TPSA) is 12.4 Å². The lowest BCUT2D eigenvalue weighted by atomic mass is 10.0. The Kier molecular flexibility index (Phi) is 2.40. The Balaban J connectivity index is 2.49. The number of thioether (sulfide) groups is 1. The van der Waals surface area contributed by atoms with Gasteiger partial charge in [0.15, 0.2) is 0 Å². The molecule has 0 spiro atoms. The van der Waals surface area contributed by atoms with Crippen LogP contribution in [-0.4, -0.2) is 17.3 Å². The fraction of sp³-hybridized carbons (Fsp3) is 0.364. The quantitative estimate of drug-likeness (QED) is 0.665. The van der Waals surface area contributed by atoms with E-state index in [0.29, 0.717) is 0 Å². The van der Waals surface area contributed by atoms with Crippen molar-refractivity contribution in [2.24, 2.45) is 4.99 Å². The van der Waals surface area contributed by atoms with E-state index in [-0.39, 0.29) is 0 Å². The van der Waals surface area contributed by atoms with E-state index < -0.39 is 0 Å². The standard InChI is InChI=1S/C11H13NS/c1-8-4-3-5-9(2)10(8)11-12-6-7-13-11/h3-5H,6-7H2,1-2H3. The van der Waals surface area contributed by atoms with Gasteiger partial charge in [-0.2, -0.15) is 0 Å². The molecule has 1 aromatic rings. The van der Waals surface area contributed by atoms with E-state index in [2.05, 4.69) is 37.0 Å². The average molecular weight is 191 g/mol. The number of benzene rings is 1. The van der Waals surface area contributed by atoms with Crippen LogP contribution in [0.3, 0.4) is 0 Å². The largest absolute Gasteiger partial charge is 0.277 e. The first-order chi connectivity index (χ1) is 6.29. The normalized spacial score (nSPS) is 16.0. The molecule has 68 valence electrons. The first kappa shape index (κ1) is 8.82. The summed E-state index contributed by atoms with van der Waals surface area (Å²) in [7, 11) is 0. The van der Waals surface area contributed by atoms with E-state index in [9.17, 15) is 0 Å². The summed E-state index contributed by atoms with van der Waals surface area (Å²) in [5.41, 5.74) is 4.03. The highest BCUT2D eigenvalue weighted by molar-refractivity contribution is 8.14. The van der Waals surface area contributed by atoms with Gasteiger partial charge in [0.25, 0.3) is 0 Å². The molecule has 0 unspecified atom stereocenters. The molecular formula is C11H13NS. The second-order valence-corrected chi connectivity index (χ2v) is 4.39. The maximum absolute atomic E-state index is 4.51. The predicted octanol–water partition coefficient (Wildman–Crippen LogP) is 2.80. The minimum Gasteiger partial charge on any atom is -0.277 e. The smallest absolute Gasteiger partial charge is 0.0983 e. The lowest BCUT2D eigenvalue weighted by molar-refractivity contribution is 1.17. The summed E-state index contributed by atoms with van der Waals surface area (Å²) in [4.78, 5) is 4.51. The number of aryl methyl sites for hydroxylation is 2. The van der Waals surface area contributed by atoms with E-state index in [0.717, 1.165) is 12.3 Å². The van der Waals surface area contributed by atoms with Gasteiger partial charge in [0, 0.05) is 17.9 Å². The number of rotatable bonds is 1. The van der Waals surface area contributed by atoms with Gasteiger partial charge in [-0.1, -0.05) is 18.2 Å². The lowest BCUT2D eigenvalue weighted by Crippen LogP contribution is -1.98. The van der Waals surface area contributed by atoms with E-state index in [4.69, 9.17) is 0 Å². The third-order valence-electron chi connectivity index (χ3n) is 2.28. The Bertz CT molecular complexity index is 335. The average Bonchev–Trinajstić information content (AvgIpc) is 2.57. The first-order valence-electron chi connectivity index (χ1n) is 4.53. The molecule has 0 aromatic heterocycles. The molecule has 1 aromatic carbocycles. The van der Waals surface area contributed by atoms with Gasteiger partial charge in [-0.3, -0.25) is 4.99 Å². The summed E-state index contributed by atoms with van der Waals surface area (Å²) < 4.78 is 0. The van der Waals surface area contributed by atoms with Crippen LogP contribution in [0.25, 0.3) is 0 Å². The molecule has 1 aliphatic heterocycles. The van der Waals surface area contributed by atoms with Crippen molar-refractivity contribution in [2.45, 2.75) is 13.8 Å². The molecular weight excluding hydrogens is 178 g/mol. The van der Waals surface area contributed by atoms with E-state index in [1.807, 2.05) is 11.8 Å². The third kappa shape index (κ3) is 1.63. The second kappa shape index (κ2) is 3.54. The maximum Gasteiger partial charge on any atom is 0.0983 e. The SMILES string of the molecule is Cc1cccc(C)c1C1=NCCS1. The van der Waals surface area contributed by atoms with Gasteiger partial charge in [0.1, 0.15) is 0 Å². The molecule has 0 aliphatic carbocycles. The van der Waals surface area contributed by atoms with Crippen LogP contribution < -0.4 is 0 Å². The molecule has 0 saturated carbocycles. The van der Waals surface area contributed by atoms with E-state index >= 15 is 0 Å². The zero-order chi connectivity index (χ0) is 9.26. The van der Waals surface area contributed by atoms with Crippen LogP contribution in [0.2, 0.25) is 0 Å². The Hall–Kier alpha value is -0.760. The summed E-state index contributed by atoms with van der Waals surface area (Å²) in [5.74, 6) is 1.14. The summed E-state index contributed by atoms with van der Waals surface area (Å²) in [6, 6.07) is 6.42. The van der Waals surface area contributed by atoms with Crippen molar-refractivity contribution in [1.82, 2.24) is 0 Å². The Morgan fingerprint density at radius 3 is 2.46 bits per heavy atom. The molecule has 13 heavy (non-hydrogen) atoms. The van der Waals surface area contributed by atoms with Crippen LogP contribution in [0.4, 0.5) is 0 Å². The van der Waals surface area contributed by atoms with Crippen molar-refractivity contribution < 1.29 is 0 Å². The molecule has 0 N–H and O–H groups in total. The second-order valence-electron chi connectivity index (χ2n) is 3.30. The highest BCUT2D eigenvalue weighted by atomic mass is 32.2. The fourth-order valence-electron chi connectivity index (χ4n) is 1.64. The van der Waals surface area contributed by atoms with Crippen LogP contribution >= 0.6 is 11.8 Å². The molecule has 0 saturated heterocycles. The molecule has 0 fully saturated rings. The minimum atomic E-state index is 0.980. The Morgan fingerprint density at radius 2 is 1.92 bits per heavy atom. The van der Waals surface area contributed by atoms with Gasteiger partial charge in [-0.05, 0) is 25.0 Å². The Morgan fingerprint density at radius 1 is 1.23 bits per heavy atom. The third-order valence-corrected chi connectivity index (χ3v) is 3.27. The van der Waals surface area contributed by atoms with E-state index in [1.165, 1.54) is 21.7 Å². The van der Waals surface area contributed by atoms with Crippen molar-refractivity contribution in [1.29, 1.82) is 0 Å².